The van der Waals surface area contributed by atoms with E-state index in [2.05, 4.69) is 25.8 Å². The lowest BCUT2D eigenvalue weighted by Crippen LogP contribution is -2.33. The van der Waals surface area contributed by atoms with Gasteiger partial charge in [-0.2, -0.15) is 13.5 Å². The van der Waals surface area contributed by atoms with E-state index in [0.717, 1.165) is 10.0 Å². The SMILES string of the molecule is Cn1nc2ccccc2c1S(=O)(=O)NC(=O)Cc1ccc(Br)cc1. The molecule has 8 heteroatoms. The van der Waals surface area contributed by atoms with Gasteiger partial charge in [0.15, 0.2) is 5.03 Å². The molecule has 0 aliphatic rings. The summed E-state index contributed by atoms with van der Waals surface area (Å²) in [5, 5.41) is 4.61. The van der Waals surface area contributed by atoms with Crippen LogP contribution in [0.3, 0.4) is 0 Å². The fourth-order valence-electron chi connectivity index (χ4n) is 2.46. The normalized spacial score (nSPS) is 11.6. The molecule has 0 unspecified atom stereocenters. The molecule has 0 atom stereocenters. The molecule has 1 aromatic heterocycles. The second kappa shape index (κ2) is 6.37. The average Bonchev–Trinajstić information content (AvgIpc) is 2.85. The van der Waals surface area contributed by atoms with Crippen LogP contribution in [0.4, 0.5) is 0 Å². The minimum Gasteiger partial charge on any atom is -0.274 e. The number of hydrogen-bond acceptors (Lipinski definition) is 4. The molecule has 24 heavy (non-hydrogen) atoms. The molecule has 0 saturated heterocycles. The quantitative estimate of drug-likeness (QED) is 0.719. The molecular formula is C16H14BrN3O3S. The van der Waals surface area contributed by atoms with Crippen molar-refractivity contribution in [3.05, 3.63) is 58.6 Å². The predicted molar refractivity (Wildman–Crippen MR) is 93.9 cm³/mol. The molecule has 0 fully saturated rings. The van der Waals surface area contributed by atoms with Gasteiger partial charge in [0.25, 0.3) is 10.0 Å². The number of amides is 1. The Hall–Kier alpha value is -2.19. The molecule has 0 bridgehead atoms. The van der Waals surface area contributed by atoms with Crippen LogP contribution < -0.4 is 4.72 Å². The first-order chi connectivity index (χ1) is 11.4. The van der Waals surface area contributed by atoms with E-state index in [1.165, 1.54) is 11.7 Å². The zero-order valence-corrected chi connectivity index (χ0v) is 15.1. The summed E-state index contributed by atoms with van der Waals surface area (Å²) >= 11 is 3.31. The summed E-state index contributed by atoms with van der Waals surface area (Å²) in [5.74, 6) is -0.595. The molecule has 6 nitrogen and oxygen atoms in total. The minimum absolute atomic E-state index is 0.0255. The molecular weight excluding hydrogens is 394 g/mol. The summed E-state index contributed by atoms with van der Waals surface area (Å²) in [7, 11) is -2.47. The summed E-state index contributed by atoms with van der Waals surface area (Å²) in [5.41, 5.74) is 1.28. The average molecular weight is 408 g/mol. The second-order valence-corrected chi connectivity index (χ2v) is 7.79. The Morgan fingerprint density at radius 3 is 2.54 bits per heavy atom. The summed E-state index contributed by atoms with van der Waals surface area (Å²) in [6.45, 7) is 0. The van der Waals surface area contributed by atoms with Crippen LogP contribution in [-0.2, 0) is 28.3 Å². The molecule has 0 radical (unpaired) electrons. The van der Waals surface area contributed by atoms with Crippen molar-refractivity contribution in [2.45, 2.75) is 11.4 Å². The van der Waals surface area contributed by atoms with Crippen molar-refractivity contribution in [3.8, 4) is 0 Å². The number of nitrogens with zero attached hydrogens (tertiary/aromatic N) is 2. The molecule has 0 aliphatic carbocycles. The van der Waals surface area contributed by atoms with E-state index < -0.39 is 15.9 Å². The third-order valence-electron chi connectivity index (χ3n) is 3.47. The zero-order valence-electron chi connectivity index (χ0n) is 12.7. The molecule has 0 aliphatic heterocycles. The maximum Gasteiger partial charge on any atom is 0.281 e. The fraction of sp³-hybridized carbons (Fsp3) is 0.125. The highest BCUT2D eigenvalue weighted by atomic mass is 79.9. The number of rotatable bonds is 4. The van der Waals surface area contributed by atoms with Gasteiger partial charge in [-0.05, 0) is 29.8 Å². The molecule has 1 amide bonds. The van der Waals surface area contributed by atoms with Crippen LogP contribution in [0.1, 0.15) is 5.56 Å². The van der Waals surface area contributed by atoms with Crippen LogP contribution in [-0.4, -0.2) is 24.1 Å². The van der Waals surface area contributed by atoms with E-state index in [1.54, 1.807) is 48.5 Å². The number of aromatic nitrogens is 2. The summed E-state index contributed by atoms with van der Waals surface area (Å²) in [6.07, 6.45) is -0.0255. The van der Waals surface area contributed by atoms with Crippen LogP contribution in [0.5, 0.6) is 0 Å². The van der Waals surface area contributed by atoms with E-state index in [4.69, 9.17) is 0 Å². The number of halogens is 1. The van der Waals surface area contributed by atoms with Crippen molar-refractivity contribution >= 4 is 42.8 Å². The van der Waals surface area contributed by atoms with E-state index in [0.29, 0.717) is 10.9 Å². The van der Waals surface area contributed by atoms with Crippen LogP contribution in [0.2, 0.25) is 0 Å². The van der Waals surface area contributed by atoms with Gasteiger partial charge in [-0.3, -0.25) is 9.48 Å². The van der Waals surface area contributed by atoms with Crippen LogP contribution >= 0.6 is 15.9 Å². The minimum atomic E-state index is -4.01. The first-order valence-corrected chi connectivity index (χ1v) is 9.36. The molecule has 3 aromatic rings. The van der Waals surface area contributed by atoms with Crippen molar-refractivity contribution in [3.63, 3.8) is 0 Å². The molecule has 0 spiro atoms. The number of hydrogen-bond donors (Lipinski definition) is 1. The van der Waals surface area contributed by atoms with Gasteiger partial charge in [0.1, 0.15) is 0 Å². The van der Waals surface area contributed by atoms with Crippen LogP contribution in [0.25, 0.3) is 10.9 Å². The Labute approximate surface area is 147 Å². The van der Waals surface area contributed by atoms with Crippen LogP contribution in [0, 0.1) is 0 Å². The largest absolute Gasteiger partial charge is 0.281 e. The first-order valence-electron chi connectivity index (χ1n) is 7.08. The summed E-state index contributed by atoms with van der Waals surface area (Å²) < 4.78 is 29.4. The van der Waals surface area contributed by atoms with Crippen molar-refractivity contribution in [1.29, 1.82) is 0 Å². The zero-order chi connectivity index (χ0) is 17.3. The molecule has 3 rings (SSSR count). The number of fused-ring (bicyclic) bond motifs is 1. The number of carbonyl (C=O) groups is 1. The lowest BCUT2D eigenvalue weighted by molar-refractivity contribution is -0.118. The number of carbonyl (C=O) groups excluding carboxylic acids is 1. The number of benzene rings is 2. The van der Waals surface area contributed by atoms with Crippen LogP contribution in [0.15, 0.2) is 58.0 Å². The standard InChI is InChI=1S/C16H14BrN3O3S/c1-20-16(13-4-2-3-5-14(13)18-20)24(22,23)19-15(21)10-11-6-8-12(17)9-7-11/h2-9H,10H2,1H3,(H,19,21). The summed E-state index contributed by atoms with van der Waals surface area (Å²) in [6, 6.07) is 14.0. The smallest absolute Gasteiger partial charge is 0.274 e. The first kappa shape index (κ1) is 16.7. The highest BCUT2D eigenvalue weighted by molar-refractivity contribution is 9.10. The highest BCUT2D eigenvalue weighted by Crippen LogP contribution is 2.21. The fourth-order valence-corrected chi connectivity index (χ4v) is 4.05. The van der Waals surface area contributed by atoms with E-state index in [-0.39, 0.29) is 11.4 Å². The van der Waals surface area contributed by atoms with Gasteiger partial charge in [0.05, 0.1) is 11.9 Å². The van der Waals surface area contributed by atoms with Gasteiger partial charge < -0.3 is 0 Å². The van der Waals surface area contributed by atoms with Gasteiger partial charge in [0.2, 0.25) is 5.91 Å². The Morgan fingerprint density at radius 2 is 1.83 bits per heavy atom. The number of sulfonamides is 1. The second-order valence-electron chi connectivity index (χ2n) is 5.28. The van der Waals surface area contributed by atoms with Gasteiger partial charge in [-0.1, -0.05) is 40.2 Å². The monoisotopic (exact) mass is 407 g/mol. The topological polar surface area (TPSA) is 81.1 Å². The van der Waals surface area contributed by atoms with Gasteiger partial charge >= 0.3 is 0 Å². The molecule has 2 aromatic carbocycles. The third kappa shape index (κ3) is 3.34. The Kier molecular flexibility index (Phi) is 4.42. The number of nitrogens with one attached hydrogen (secondary N) is 1. The predicted octanol–water partition coefficient (Wildman–Crippen LogP) is 2.38. The Morgan fingerprint density at radius 1 is 1.17 bits per heavy atom. The molecule has 124 valence electrons. The van der Waals surface area contributed by atoms with Gasteiger partial charge in [-0.15, -0.1) is 0 Å². The number of aryl methyl sites for hydroxylation is 1. The molecule has 1 heterocycles. The van der Waals surface area contributed by atoms with Crippen molar-refractivity contribution in [2.75, 3.05) is 0 Å². The Bertz CT molecular complexity index is 1010. The van der Waals surface area contributed by atoms with E-state index in [1.807, 2.05) is 0 Å². The van der Waals surface area contributed by atoms with E-state index >= 15 is 0 Å². The van der Waals surface area contributed by atoms with Gasteiger partial charge in [-0.25, -0.2) is 4.72 Å². The Balaban J connectivity index is 1.86. The lowest BCUT2D eigenvalue weighted by atomic mass is 10.1. The summed E-state index contributed by atoms with van der Waals surface area (Å²) in [4.78, 5) is 12.1. The van der Waals surface area contributed by atoms with Crippen molar-refractivity contribution in [2.24, 2.45) is 7.05 Å². The highest BCUT2D eigenvalue weighted by Gasteiger charge is 2.25. The van der Waals surface area contributed by atoms with Crippen molar-refractivity contribution < 1.29 is 13.2 Å². The maximum atomic E-state index is 12.6. The molecule has 1 N–H and O–H groups in total. The third-order valence-corrected chi connectivity index (χ3v) is 5.49. The maximum absolute atomic E-state index is 12.6. The molecule has 0 saturated carbocycles. The van der Waals surface area contributed by atoms with Gasteiger partial charge in [0, 0.05) is 16.9 Å². The van der Waals surface area contributed by atoms with Crippen molar-refractivity contribution in [1.82, 2.24) is 14.5 Å². The van der Waals surface area contributed by atoms with E-state index in [9.17, 15) is 13.2 Å². The lowest BCUT2D eigenvalue weighted by Gasteiger charge is -2.08.